The number of nitriles is 1. The lowest BCUT2D eigenvalue weighted by Crippen LogP contribution is -1.92. The minimum atomic E-state index is -0.285. The fourth-order valence-corrected chi connectivity index (χ4v) is 1.32. The summed E-state index contributed by atoms with van der Waals surface area (Å²) in [5.74, 6) is -0.00523. The molecule has 1 unspecified atom stereocenters. The highest BCUT2D eigenvalue weighted by molar-refractivity contribution is 5.81. The molecule has 0 saturated heterocycles. The van der Waals surface area contributed by atoms with E-state index in [-0.39, 0.29) is 11.9 Å². The van der Waals surface area contributed by atoms with E-state index in [1.807, 2.05) is 6.92 Å². The standard InChI is InChI=1S/C7H9N.C6H10O2/c1-6-2-3-7(4-6)5-8;1-3-4-5-6(7)8-2/h7H,1-4H2;4-5H,3H2,1-2H3/b;5-4+. The second-order valence-electron chi connectivity index (χ2n) is 3.65. The lowest BCUT2D eigenvalue weighted by Gasteiger charge is -1.88. The lowest BCUT2D eigenvalue weighted by atomic mass is 10.1. The molecule has 1 aliphatic rings. The smallest absolute Gasteiger partial charge is 0.330 e. The summed E-state index contributed by atoms with van der Waals surface area (Å²) in [5, 5.41) is 8.39. The molecule has 1 saturated carbocycles. The molecule has 0 spiro atoms. The van der Waals surface area contributed by atoms with Crippen LogP contribution in [0.4, 0.5) is 0 Å². The Balaban J connectivity index is 0.000000281. The van der Waals surface area contributed by atoms with Gasteiger partial charge >= 0.3 is 5.97 Å². The summed E-state index contributed by atoms with van der Waals surface area (Å²) in [6, 6.07) is 2.23. The minimum Gasteiger partial charge on any atom is -0.466 e. The van der Waals surface area contributed by atoms with E-state index in [9.17, 15) is 4.79 Å². The molecule has 0 radical (unpaired) electrons. The third-order valence-electron chi connectivity index (χ3n) is 2.25. The van der Waals surface area contributed by atoms with Gasteiger partial charge < -0.3 is 4.74 Å². The Kier molecular flexibility index (Phi) is 7.87. The maximum absolute atomic E-state index is 10.3. The van der Waals surface area contributed by atoms with Crippen molar-refractivity contribution in [1.29, 1.82) is 5.26 Å². The van der Waals surface area contributed by atoms with Gasteiger partial charge in [-0.1, -0.05) is 25.2 Å². The summed E-state index contributed by atoms with van der Waals surface area (Å²) in [4.78, 5) is 10.3. The fraction of sp³-hybridized carbons (Fsp3) is 0.538. The maximum Gasteiger partial charge on any atom is 0.330 e. The van der Waals surface area contributed by atoms with Crippen LogP contribution in [0.15, 0.2) is 24.3 Å². The molecule has 3 nitrogen and oxygen atoms in total. The number of carbonyl (C=O) groups excluding carboxylic acids is 1. The van der Waals surface area contributed by atoms with Gasteiger partial charge in [-0.2, -0.15) is 5.26 Å². The molecule has 0 bridgehead atoms. The van der Waals surface area contributed by atoms with Crippen molar-refractivity contribution in [1.82, 2.24) is 0 Å². The van der Waals surface area contributed by atoms with E-state index < -0.39 is 0 Å². The van der Waals surface area contributed by atoms with E-state index in [1.165, 1.54) is 18.8 Å². The first-order valence-electron chi connectivity index (χ1n) is 5.44. The molecule has 88 valence electrons. The summed E-state index contributed by atoms with van der Waals surface area (Å²) in [6.07, 6.45) is 7.09. The van der Waals surface area contributed by atoms with Crippen molar-refractivity contribution in [2.75, 3.05) is 7.11 Å². The summed E-state index contributed by atoms with van der Waals surface area (Å²) in [6.45, 7) is 5.76. The highest BCUT2D eigenvalue weighted by atomic mass is 16.5. The number of allylic oxidation sites excluding steroid dienone is 2. The van der Waals surface area contributed by atoms with Crippen molar-refractivity contribution in [2.45, 2.75) is 32.6 Å². The largest absolute Gasteiger partial charge is 0.466 e. The van der Waals surface area contributed by atoms with Crippen LogP contribution >= 0.6 is 0 Å². The molecule has 1 fully saturated rings. The average molecular weight is 221 g/mol. The quantitative estimate of drug-likeness (QED) is 0.409. The summed E-state index contributed by atoms with van der Waals surface area (Å²) >= 11 is 0. The number of esters is 1. The van der Waals surface area contributed by atoms with Gasteiger partial charge in [0.15, 0.2) is 0 Å². The van der Waals surface area contributed by atoms with Crippen molar-refractivity contribution < 1.29 is 9.53 Å². The normalized spacial score (nSPS) is 18.8. The Morgan fingerprint density at radius 3 is 2.75 bits per heavy atom. The van der Waals surface area contributed by atoms with Crippen LogP contribution in [0.1, 0.15) is 32.6 Å². The number of methoxy groups -OCH3 is 1. The summed E-state index contributed by atoms with van der Waals surface area (Å²) in [7, 11) is 1.36. The van der Waals surface area contributed by atoms with Gasteiger partial charge in [0.05, 0.1) is 19.1 Å². The second kappa shape index (κ2) is 8.72. The number of hydrogen-bond donors (Lipinski definition) is 0. The first-order chi connectivity index (χ1) is 7.63. The molecule has 0 heterocycles. The Labute approximate surface area is 97.4 Å². The zero-order valence-electron chi connectivity index (χ0n) is 10.0. The first-order valence-corrected chi connectivity index (χ1v) is 5.44. The molecular formula is C13H19NO2. The average Bonchev–Trinajstić information content (AvgIpc) is 2.72. The third-order valence-corrected chi connectivity index (χ3v) is 2.25. The van der Waals surface area contributed by atoms with Crippen LogP contribution in [0.5, 0.6) is 0 Å². The van der Waals surface area contributed by atoms with Crippen molar-refractivity contribution >= 4 is 5.97 Å². The Morgan fingerprint density at radius 2 is 2.44 bits per heavy atom. The molecule has 0 aliphatic heterocycles. The van der Waals surface area contributed by atoms with Crippen LogP contribution in [0.3, 0.4) is 0 Å². The number of ether oxygens (including phenoxy) is 1. The van der Waals surface area contributed by atoms with Gasteiger partial charge in [0, 0.05) is 6.08 Å². The van der Waals surface area contributed by atoms with Gasteiger partial charge in [-0.3, -0.25) is 0 Å². The summed E-state index contributed by atoms with van der Waals surface area (Å²) in [5.41, 5.74) is 1.25. The third kappa shape index (κ3) is 6.83. The van der Waals surface area contributed by atoms with E-state index in [4.69, 9.17) is 5.26 Å². The monoisotopic (exact) mass is 221 g/mol. The van der Waals surface area contributed by atoms with Gasteiger partial charge in [-0.25, -0.2) is 4.79 Å². The van der Waals surface area contributed by atoms with E-state index in [1.54, 1.807) is 6.08 Å². The van der Waals surface area contributed by atoms with Crippen LogP contribution in [-0.4, -0.2) is 13.1 Å². The molecular weight excluding hydrogens is 202 g/mol. The number of rotatable bonds is 2. The molecule has 0 aromatic carbocycles. The number of nitrogens with zero attached hydrogens (tertiary/aromatic N) is 1. The van der Waals surface area contributed by atoms with E-state index in [0.29, 0.717) is 0 Å². The molecule has 3 heteroatoms. The van der Waals surface area contributed by atoms with E-state index >= 15 is 0 Å². The lowest BCUT2D eigenvalue weighted by molar-refractivity contribution is -0.134. The highest BCUT2D eigenvalue weighted by Gasteiger charge is 2.16. The maximum atomic E-state index is 10.3. The molecule has 16 heavy (non-hydrogen) atoms. The van der Waals surface area contributed by atoms with E-state index in [2.05, 4.69) is 17.4 Å². The predicted octanol–water partition coefficient (Wildman–Crippen LogP) is 2.99. The zero-order chi connectivity index (χ0) is 12.4. The SMILES string of the molecule is C=C1CCC(C#N)C1.CC/C=C/C(=O)OC. The van der Waals surface area contributed by atoms with Gasteiger partial charge in [-0.05, 0) is 25.7 Å². The first kappa shape index (κ1) is 14.4. The van der Waals surface area contributed by atoms with Crippen molar-refractivity contribution in [3.8, 4) is 6.07 Å². The Bertz CT molecular complexity index is 300. The minimum absolute atomic E-state index is 0.280. The van der Waals surface area contributed by atoms with Crippen LogP contribution in [-0.2, 0) is 9.53 Å². The number of carbonyl (C=O) groups is 1. The fourth-order valence-electron chi connectivity index (χ4n) is 1.32. The molecule has 0 aromatic rings. The topological polar surface area (TPSA) is 50.1 Å². The molecule has 1 aliphatic carbocycles. The van der Waals surface area contributed by atoms with E-state index in [0.717, 1.165) is 25.7 Å². The zero-order valence-corrected chi connectivity index (χ0v) is 10.0. The molecule has 1 atom stereocenters. The Hall–Kier alpha value is -1.56. The van der Waals surface area contributed by atoms with Crippen LogP contribution in [0.2, 0.25) is 0 Å². The van der Waals surface area contributed by atoms with Crippen LogP contribution in [0, 0.1) is 17.2 Å². The van der Waals surface area contributed by atoms with Crippen molar-refractivity contribution in [3.63, 3.8) is 0 Å². The van der Waals surface area contributed by atoms with Gasteiger partial charge in [0.1, 0.15) is 0 Å². The van der Waals surface area contributed by atoms with Gasteiger partial charge in [0.2, 0.25) is 0 Å². The predicted molar refractivity (Wildman–Crippen MR) is 63.5 cm³/mol. The Morgan fingerprint density at radius 1 is 1.75 bits per heavy atom. The molecule has 1 rings (SSSR count). The summed E-state index contributed by atoms with van der Waals surface area (Å²) < 4.78 is 4.33. The second-order valence-corrected chi connectivity index (χ2v) is 3.65. The van der Waals surface area contributed by atoms with Crippen LogP contribution < -0.4 is 0 Å². The molecule has 0 aromatic heterocycles. The number of hydrogen-bond acceptors (Lipinski definition) is 3. The van der Waals surface area contributed by atoms with Crippen molar-refractivity contribution in [3.05, 3.63) is 24.3 Å². The van der Waals surface area contributed by atoms with Crippen molar-refractivity contribution in [2.24, 2.45) is 5.92 Å². The highest BCUT2D eigenvalue weighted by Crippen LogP contribution is 2.27. The van der Waals surface area contributed by atoms with Crippen LogP contribution in [0.25, 0.3) is 0 Å². The van der Waals surface area contributed by atoms with Gasteiger partial charge in [0.25, 0.3) is 0 Å². The van der Waals surface area contributed by atoms with Gasteiger partial charge in [-0.15, -0.1) is 0 Å². The molecule has 0 N–H and O–H groups in total. The molecule has 0 amide bonds.